The van der Waals surface area contributed by atoms with Crippen molar-refractivity contribution in [3.63, 3.8) is 0 Å². The van der Waals surface area contributed by atoms with Gasteiger partial charge in [0.05, 0.1) is 0 Å². The van der Waals surface area contributed by atoms with Gasteiger partial charge in [-0.2, -0.15) is 0 Å². The lowest BCUT2D eigenvalue weighted by Crippen LogP contribution is -1.87. The molecule has 0 N–H and O–H groups in total. The smallest absolute Gasteiger partial charge is 0.00518 e. The van der Waals surface area contributed by atoms with Gasteiger partial charge in [-0.1, -0.05) is 70.4 Å². The summed E-state index contributed by atoms with van der Waals surface area (Å²) in [5.41, 5.74) is 0. The normalized spacial score (nSPS) is 22.7. The van der Waals surface area contributed by atoms with Gasteiger partial charge in [-0.05, 0) is 25.7 Å². The molecule has 14 heavy (non-hydrogen) atoms. The van der Waals surface area contributed by atoms with E-state index in [0.29, 0.717) is 0 Å². The molecule has 0 radical (unpaired) electrons. The number of rotatable bonds is 0. The Hall–Kier alpha value is 0.700. The average molecular weight is 324 g/mol. The highest BCUT2D eigenvalue weighted by atomic mass is 79.9. The van der Waals surface area contributed by atoms with E-state index in [2.05, 4.69) is 31.9 Å². The summed E-state index contributed by atoms with van der Waals surface area (Å²) in [4.78, 5) is 0. The average Bonchev–Trinajstić information content (AvgIpc) is 2.18. The molecule has 0 saturated heterocycles. The highest BCUT2D eigenvalue weighted by Crippen LogP contribution is 2.28. The summed E-state index contributed by atoms with van der Waals surface area (Å²) in [5.74, 6) is 0. The van der Waals surface area contributed by atoms with Crippen LogP contribution in [0.5, 0.6) is 0 Å². The molecule has 1 rings (SSSR count). The molecule has 82 valence electrons. The molecule has 0 amide bonds. The van der Waals surface area contributed by atoms with Crippen LogP contribution in [0.2, 0.25) is 0 Å². The molecule has 1 aliphatic carbocycles. The van der Waals surface area contributed by atoms with E-state index in [4.69, 9.17) is 0 Å². The predicted octanol–water partition coefficient (Wildman–Crippen LogP) is 5.90. The maximum atomic E-state index is 3.68. The van der Waals surface area contributed by atoms with Crippen molar-refractivity contribution in [1.29, 1.82) is 0 Å². The monoisotopic (exact) mass is 322 g/mol. The van der Waals surface area contributed by atoms with Crippen LogP contribution in [0.25, 0.3) is 0 Å². The predicted molar refractivity (Wildman–Crippen MR) is 71.1 cm³/mol. The van der Waals surface area contributed by atoms with Gasteiger partial charge in [0.2, 0.25) is 0 Å². The van der Waals surface area contributed by atoms with Crippen LogP contribution in [-0.2, 0) is 0 Å². The molecule has 0 atom stereocenters. The fourth-order valence-corrected chi connectivity index (χ4v) is 2.85. The fraction of sp³-hybridized carbons (Fsp3) is 0.833. The summed E-state index contributed by atoms with van der Waals surface area (Å²) in [5, 5.41) is 0. The van der Waals surface area contributed by atoms with Gasteiger partial charge < -0.3 is 0 Å². The Bertz CT molecular complexity index is 165. The van der Waals surface area contributed by atoms with Crippen molar-refractivity contribution in [2.75, 3.05) is 0 Å². The molecule has 0 fully saturated rings. The summed E-state index contributed by atoms with van der Waals surface area (Å²) in [6.45, 7) is 0. The molecule has 0 aromatic carbocycles. The molecule has 0 nitrogen and oxygen atoms in total. The van der Waals surface area contributed by atoms with Gasteiger partial charge in [0, 0.05) is 8.96 Å². The van der Waals surface area contributed by atoms with Gasteiger partial charge >= 0.3 is 0 Å². The number of halogens is 2. The van der Waals surface area contributed by atoms with Gasteiger partial charge in [0.15, 0.2) is 0 Å². The third-order valence-electron chi connectivity index (χ3n) is 2.84. The molecule has 1 aliphatic rings. The van der Waals surface area contributed by atoms with Crippen molar-refractivity contribution in [2.45, 2.75) is 64.2 Å². The largest absolute Gasteiger partial charge is 0.0548 e. The molecule has 0 bridgehead atoms. The van der Waals surface area contributed by atoms with Crippen LogP contribution in [0.15, 0.2) is 8.96 Å². The second kappa shape index (κ2) is 7.92. The molecule has 0 saturated carbocycles. The van der Waals surface area contributed by atoms with Gasteiger partial charge in [0.25, 0.3) is 0 Å². The molecule has 2 heteroatoms. The SMILES string of the molecule is BrC1=C(Br)CCCCCCCCCC1. The minimum Gasteiger partial charge on any atom is -0.0548 e. The Labute approximate surface area is 105 Å². The van der Waals surface area contributed by atoms with Gasteiger partial charge in [-0.15, -0.1) is 0 Å². The lowest BCUT2D eigenvalue weighted by molar-refractivity contribution is 0.565. The molecule has 0 heterocycles. The zero-order valence-corrected chi connectivity index (χ0v) is 12.0. The fourth-order valence-electron chi connectivity index (χ4n) is 1.89. The minimum atomic E-state index is 1.22. The summed E-state index contributed by atoms with van der Waals surface area (Å²) >= 11 is 7.35. The van der Waals surface area contributed by atoms with Crippen molar-refractivity contribution in [1.82, 2.24) is 0 Å². The lowest BCUT2D eigenvalue weighted by Gasteiger charge is -2.07. The summed E-state index contributed by atoms with van der Waals surface area (Å²) in [7, 11) is 0. The standard InChI is InChI=1S/C12H20Br2/c13-11-9-7-5-3-1-2-4-6-8-10-12(11)14/h1-10H2. The van der Waals surface area contributed by atoms with E-state index in [1.807, 2.05) is 0 Å². The van der Waals surface area contributed by atoms with Crippen molar-refractivity contribution < 1.29 is 0 Å². The van der Waals surface area contributed by atoms with Crippen molar-refractivity contribution in [3.05, 3.63) is 8.96 Å². The van der Waals surface area contributed by atoms with Crippen molar-refractivity contribution in [2.24, 2.45) is 0 Å². The second-order valence-corrected chi connectivity index (χ2v) is 6.05. The van der Waals surface area contributed by atoms with Crippen molar-refractivity contribution >= 4 is 31.9 Å². The van der Waals surface area contributed by atoms with Gasteiger partial charge in [0.1, 0.15) is 0 Å². The van der Waals surface area contributed by atoms with E-state index in [1.54, 1.807) is 0 Å². The van der Waals surface area contributed by atoms with Crippen molar-refractivity contribution in [3.8, 4) is 0 Å². The van der Waals surface area contributed by atoms with Crippen LogP contribution in [0.4, 0.5) is 0 Å². The topological polar surface area (TPSA) is 0 Å². The van der Waals surface area contributed by atoms with E-state index in [0.717, 1.165) is 0 Å². The zero-order chi connectivity index (χ0) is 10.2. The third kappa shape index (κ3) is 5.55. The Morgan fingerprint density at radius 2 is 0.786 bits per heavy atom. The van der Waals surface area contributed by atoms with Crippen LogP contribution in [0.1, 0.15) is 64.2 Å². The molecule has 0 aromatic rings. The summed E-state index contributed by atoms with van der Waals surface area (Å²) < 4.78 is 2.80. The minimum absolute atomic E-state index is 1.22. The number of hydrogen-bond donors (Lipinski definition) is 0. The second-order valence-electron chi connectivity index (χ2n) is 4.14. The molecular formula is C12H20Br2. The lowest BCUT2D eigenvalue weighted by atomic mass is 10.0. The van der Waals surface area contributed by atoms with E-state index >= 15 is 0 Å². The first-order valence-electron chi connectivity index (χ1n) is 5.84. The van der Waals surface area contributed by atoms with E-state index < -0.39 is 0 Å². The number of allylic oxidation sites excluding steroid dienone is 2. The molecule has 0 aromatic heterocycles. The van der Waals surface area contributed by atoms with Crippen LogP contribution < -0.4 is 0 Å². The molecule has 0 spiro atoms. The highest BCUT2D eigenvalue weighted by Gasteiger charge is 2.03. The molecular weight excluding hydrogens is 304 g/mol. The third-order valence-corrected chi connectivity index (χ3v) is 5.12. The van der Waals surface area contributed by atoms with Crippen LogP contribution >= 0.6 is 31.9 Å². The quantitative estimate of drug-likeness (QED) is 0.520. The first-order chi connectivity index (χ1) is 6.80. The first kappa shape index (κ1) is 12.8. The van der Waals surface area contributed by atoms with Gasteiger partial charge in [-0.25, -0.2) is 0 Å². The molecule has 0 unspecified atom stereocenters. The summed E-state index contributed by atoms with van der Waals surface area (Å²) in [6.07, 6.45) is 13.7. The van der Waals surface area contributed by atoms with E-state index in [-0.39, 0.29) is 0 Å². The zero-order valence-electron chi connectivity index (χ0n) is 8.83. The summed E-state index contributed by atoms with van der Waals surface area (Å²) in [6, 6.07) is 0. The Morgan fingerprint density at radius 3 is 1.14 bits per heavy atom. The van der Waals surface area contributed by atoms with E-state index in [9.17, 15) is 0 Å². The van der Waals surface area contributed by atoms with Crippen LogP contribution in [0, 0.1) is 0 Å². The Balaban J connectivity index is 2.37. The van der Waals surface area contributed by atoms with Gasteiger partial charge in [-0.3, -0.25) is 0 Å². The maximum absolute atomic E-state index is 3.68. The van der Waals surface area contributed by atoms with E-state index in [1.165, 1.54) is 73.2 Å². The van der Waals surface area contributed by atoms with Crippen LogP contribution in [-0.4, -0.2) is 0 Å². The Kier molecular flexibility index (Phi) is 7.23. The van der Waals surface area contributed by atoms with Crippen LogP contribution in [0.3, 0.4) is 0 Å². The molecule has 0 aliphatic heterocycles. The first-order valence-corrected chi connectivity index (χ1v) is 7.42. The highest BCUT2D eigenvalue weighted by molar-refractivity contribution is 9.14. The maximum Gasteiger partial charge on any atom is 0.00518 e. The Morgan fingerprint density at radius 1 is 0.500 bits per heavy atom. The number of hydrogen-bond acceptors (Lipinski definition) is 0.